The second-order valence-corrected chi connectivity index (χ2v) is 10.6. The minimum absolute atomic E-state index is 0.00359. The first-order valence-corrected chi connectivity index (χ1v) is 11.8. The van der Waals surface area contributed by atoms with Gasteiger partial charge in [0.15, 0.2) is 15.7 Å². The van der Waals surface area contributed by atoms with Crippen LogP contribution in [-0.4, -0.2) is 34.9 Å². The summed E-state index contributed by atoms with van der Waals surface area (Å²) in [5, 5.41) is 0.810. The van der Waals surface area contributed by atoms with Crippen LogP contribution in [0.5, 0.6) is 0 Å². The van der Waals surface area contributed by atoms with Crippen LogP contribution in [0.2, 0.25) is 5.02 Å². The molecule has 0 aliphatic carbocycles. The van der Waals surface area contributed by atoms with Crippen molar-refractivity contribution in [3.8, 4) is 10.7 Å². The fourth-order valence-electron chi connectivity index (χ4n) is 3.26. The minimum Gasteiger partial charge on any atom is -0.325 e. The van der Waals surface area contributed by atoms with E-state index in [1.165, 1.54) is 18.5 Å². The first-order chi connectivity index (χ1) is 14.8. The highest BCUT2D eigenvalue weighted by Crippen LogP contribution is 2.45. The van der Waals surface area contributed by atoms with Crippen LogP contribution < -0.4 is 0 Å². The number of halogens is 6. The summed E-state index contributed by atoms with van der Waals surface area (Å²) in [6.45, 7) is 1.48. The van der Waals surface area contributed by atoms with Crippen molar-refractivity contribution in [3.05, 3.63) is 41.2 Å². The normalized spacial score (nSPS) is 13.4. The van der Waals surface area contributed by atoms with Gasteiger partial charge >= 0.3 is 12.1 Å². The van der Waals surface area contributed by atoms with Gasteiger partial charge in [-0.3, -0.25) is 4.98 Å². The lowest BCUT2D eigenvalue weighted by Gasteiger charge is -2.18. The van der Waals surface area contributed by atoms with Crippen LogP contribution in [0.4, 0.5) is 22.0 Å². The molecule has 1 aromatic carbocycles. The molecule has 0 aliphatic rings. The van der Waals surface area contributed by atoms with Gasteiger partial charge in [-0.05, 0) is 18.2 Å². The van der Waals surface area contributed by atoms with E-state index in [1.807, 2.05) is 0 Å². The van der Waals surface area contributed by atoms with E-state index in [1.54, 1.807) is 18.2 Å². The first kappa shape index (κ1) is 22.9. The number of alkyl halides is 5. The standard InChI is InChI=1S/C19H13ClF5N3O2S2/c1-3-32(29,30)16-10-5-4-9(20)6-13(10)31-15(16)17-27-11-7-14(18(21,22)19(23,24)25)26-8-12(11)28(17)2/h4-8H,3H2,1-2H3. The van der Waals surface area contributed by atoms with E-state index in [9.17, 15) is 30.4 Å². The van der Waals surface area contributed by atoms with E-state index in [2.05, 4.69) is 9.97 Å². The largest absolute Gasteiger partial charge is 0.459 e. The average Bonchev–Trinajstić information content (AvgIpc) is 3.24. The SMILES string of the molecule is CCS(=O)(=O)c1c(-c2nc3cc(C(F)(F)C(F)(F)F)ncc3n2C)sc2cc(Cl)ccc12. The third kappa shape index (κ3) is 3.44. The van der Waals surface area contributed by atoms with Crippen LogP contribution in [0.3, 0.4) is 0 Å². The van der Waals surface area contributed by atoms with Gasteiger partial charge in [0.05, 0.1) is 32.8 Å². The molecule has 13 heteroatoms. The third-order valence-electron chi connectivity index (χ3n) is 4.95. The maximum absolute atomic E-state index is 13.8. The number of pyridine rings is 1. The summed E-state index contributed by atoms with van der Waals surface area (Å²) in [5.74, 6) is -5.27. The summed E-state index contributed by atoms with van der Waals surface area (Å²) < 4.78 is 93.5. The molecule has 4 aromatic rings. The van der Waals surface area contributed by atoms with E-state index in [4.69, 9.17) is 11.6 Å². The zero-order chi connectivity index (χ0) is 23.6. The van der Waals surface area contributed by atoms with Crippen molar-refractivity contribution in [2.75, 3.05) is 5.75 Å². The van der Waals surface area contributed by atoms with Crippen molar-refractivity contribution in [3.63, 3.8) is 0 Å². The van der Waals surface area contributed by atoms with Crippen molar-refractivity contribution in [2.24, 2.45) is 7.05 Å². The van der Waals surface area contributed by atoms with Gasteiger partial charge in [0, 0.05) is 22.2 Å². The average molecular weight is 510 g/mol. The van der Waals surface area contributed by atoms with Gasteiger partial charge in [-0.15, -0.1) is 11.3 Å². The van der Waals surface area contributed by atoms with E-state index in [0.717, 1.165) is 17.5 Å². The maximum Gasteiger partial charge on any atom is 0.459 e. The van der Waals surface area contributed by atoms with E-state index in [0.29, 0.717) is 21.2 Å². The lowest BCUT2D eigenvalue weighted by molar-refractivity contribution is -0.290. The molecule has 0 saturated heterocycles. The molecule has 0 saturated carbocycles. The zero-order valence-corrected chi connectivity index (χ0v) is 18.7. The summed E-state index contributed by atoms with van der Waals surface area (Å²) in [4.78, 5) is 7.72. The fourth-order valence-corrected chi connectivity index (χ4v) is 6.40. The van der Waals surface area contributed by atoms with Gasteiger partial charge in [0.2, 0.25) is 0 Å². The number of aryl methyl sites for hydroxylation is 1. The molecule has 0 atom stereocenters. The molecule has 0 aliphatic heterocycles. The molecule has 0 fully saturated rings. The van der Waals surface area contributed by atoms with Gasteiger partial charge in [0.25, 0.3) is 0 Å². The van der Waals surface area contributed by atoms with Gasteiger partial charge < -0.3 is 4.57 Å². The Morgan fingerprint density at radius 2 is 1.84 bits per heavy atom. The molecule has 0 N–H and O–H groups in total. The lowest BCUT2D eigenvalue weighted by atomic mass is 10.2. The van der Waals surface area contributed by atoms with Crippen LogP contribution in [-0.2, 0) is 22.8 Å². The quantitative estimate of drug-likeness (QED) is 0.319. The minimum atomic E-state index is -5.82. The van der Waals surface area contributed by atoms with Crippen LogP contribution >= 0.6 is 22.9 Å². The Morgan fingerprint density at radius 1 is 1.16 bits per heavy atom. The number of benzene rings is 1. The predicted molar refractivity (Wildman–Crippen MR) is 112 cm³/mol. The predicted octanol–water partition coefficient (Wildman–Crippen LogP) is 5.95. The Labute approximate surface area is 187 Å². The molecule has 32 heavy (non-hydrogen) atoms. The highest BCUT2D eigenvalue weighted by molar-refractivity contribution is 7.92. The summed E-state index contributed by atoms with van der Waals surface area (Å²) >= 11 is 7.11. The number of hydrogen-bond acceptors (Lipinski definition) is 5. The van der Waals surface area contributed by atoms with Crippen LogP contribution in [0, 0.1) is 0 Å². The summed E-state index contributed by atoms with van der Waals surface area (Å²) in [5.41, 5.74) is -1.50. The van der Waals surface area contributed by atoms with Crippen LogP contribution in [0.1, 0.15) is 12.6 Å². The second kappa shape index (κ2) is 7.35. The number of sulfone groups is 1. The zero-order valence-electron chi connectivity index (χ0n) is 16.3. The Balaban J connectivity index is 2.00. The number of aromatic nitrogens is 3. The third-order valence-corrected chi connectivity index (χ3v) is 8.26. The van der Waals surface area contributed by atoms with Gasteiger partial charge in [-0.2, -0.15) is 22.0 Å². The smallest absolute Gasteiger partial charge is 0.325 e. The number of imidazole rings is 1. The molecule has 0 bridgehead atoms. The van der Waals surface area contributed by atoms with Crippen LogP contribution in [0.25, 0.3) is 31.8 Å². The maximum atomic E-state index is 13.8. The van der Waals surface area contributed by atoms with Gasteiger partial charge in [0.1, 0.15) is 5.69 Å². The summed E-state index contributed by atoms with van der Waals surface area (Å²) in [7, 11) is -2.25. The molecule has 0 unspecified atom stereocenters. The highest BCUT2D eigenvalue weighted by atomic mass is 35.5. The topological polar surface area (TPSA) is 64.8 Å². The number of hydrogen-bond donors (Lipinski definition) is 0. The first-order valence-electron chi connectivity index (χ1n) is 9.00. The van der Waals surface area contributed by atoms with Crippen molar-refractivity contribution in [1.82, 2.24) is 14.5 Å². The van der Waals surface area contributed by atoms with E-state index < -0.39 is 27.6 Å². The molecule has 3 aromatic heterocycles. The molecule has 4 rings (SSSR count). The number of thiophene rings is 1. The monoisotopic (exact) mass is 509 g/mol. The second-order valence-electron chi connectivity index (χ2n) is 6.93. The number of nitrogens with zero attached hydrogens (tertiary/aromatic N) is 3. The van der Waals surface area contributed by atoms with E-state index in [-0.39, 0.29) is 32.4 Å². The number of fused-ring (bicyclic) bond motifs is 2. The van der Waals surface area contributed by atoms with E-state index >= 15 is 0 Å². The Kier molecular flexibility index (Phi) is 5.26. The molecular weight excluding hydrogens is 497 g/mol. The van der Waals surface area contributed by atoms with Gasteiger partial charge in [-0.25, -0.2) is 13.4 Å². The van der Waals surface area contributed by atoms with Crippen molar-refractivity contribution >= 4 is 53.9 Å². The molecule has 170 valence electrons. The lowest BCUT2D eigenvalue weighted by Crippen LogP contribution is -2.34. The molecule has 3 heterocycles. The van der Waals surface area contributed by atoms with Gasteiger partial charge in [-0.1, -0.05) is 24.6 Å². The Morgan fingerprint density at radius 3 is 2.47 bits per heavy atom. The number of rotatable bonds is 4. The Hall–Kier alpha value is -2.31. The summed E-state index contributed by atoms with van der Waals surface area (Å²) in [6.07, 6.45) is -4.96. The molecule has 0 spiro atoms. The van der Waals surface area contributed by atoms with Crippen molar-refractivity contribution < 1.29 is 30.4 Å². The highest BCUT2D eigenvalue weighted by Gasteiger charge is 2.60. The Bertz CT molecular complexity index is 1480. The van der Waals surface area contributed by atoms with Crippen molar-refractivity contribution in [2.45, 2.75) is 23.9 Å². The van der Waals surface area contributed by atoms with Crippen LogP contribution in [0.15, 0.2) is 35.4 Å². The molecule has 0 amide bonds. The fraction of sp³-hybridized carbons (Fsp3) is 0.263. The molecular formula is C19H13ClF5N3O2S2. The van der Waals surface area contributed by atoms with Crippen molar-refractivity contribution in [1.29, 1.82) is 0 Å². The summed E-state index contributed by atoms with van der Waals surface area (Å²) in [6, 6.07) is 5.25. The molecule has 5 nitrogen and oxygen atoms in total. The molecule has 0 radical (unpaired) electrons.